The number of benzene rings is 1. The molecule has 1 fully saturated rings. The number of hydrogen-bond acceptors (Lipinski definition) is 3. The summed E-state index contributed by atoms with van der Waals surface area (Å²) >= 11 is 1.85. The molecule has 20 heavy (non-hydrogen) atoms. The van der Waals surface area contributed by atoms with Crippen molar-refractivity contribution in [2.24, 2.45) is 5.92 Å². The second-order valence-electron chi connectivity index (χ2n) is 5.61. The molecule has 1 atom stereocenters. The second-order valence-corrected chi connectivity index (χ2v) is 6.75. The third-order valence-corrected chi connectivity index (χ3v) is 5.24. The topological polar surface area (TPSA) is 32.3 Å². The molecule has 1 amide bonds. The van der Waals surface area contributed by atoms with Crippen LogP contribution in [-0.4, -0.2) is 31.3 Å². The molecule has 1 saturated heterocycles. The van der Waals surface area contributed by atoms with Gasteiger partial charge in [0.25, 0.3) is 0 Å². The van der Waals surface area contributed by atoms with Crippen LogP contribution < -0.4 is 10.2 Å². The van der Waals surface area contributed by atoms with Crippen LogP contribution in [0.1, 0.15) is 25.7 Å². The highest BCUT2D eigenvalue weighted by Gasteiger charge is 2.23. The zero-order valence-electron chi connectivity index (χ0n) is 11.8. The molecule has 2 aliphatic rings. The van der Waals surface area contributed by atoms with Gasteiger partial charge in [-0.3, -0.25) is 4.79 Å². The molecule has 0 bridgehead atoms. The average molecular weight is 290 g/mol. The molecular weight excluding hydrogens is 268 g/mol. The van der Waals surface area contributed by atoms with Crippen molar-refractivity contribution in [1.82, 2.24) is 5.32 Å². The molecule has 2 aliphatic heterocycles. The van der Waals surface area contributed by atoms with Crippen molar-refractivity contribution in [3.8, 4) is 0 Å². The first-order valence-corrected chi connectivity index (χ1v) is 8.56. The minimum absolute atomic E-state index is 0.295. The Morgan fingerprint density at radius 2 is 2.30 bits per heavy atom. The van der Waals surface area contributed by atoms with E-state index in [1.54, 1.807) is 0 Å². The molecule has 108 valence electrons. The Morgan fingerprint density at radius 3 is 3.15 bits per heavy atom. The van der Waals surface area contributed by atoms with Crippen LogP contribution in [0.5, 0.6) is 0 Å². The predicted molar refractivity (Wildman–Crippen MR) is 84.3 cm³/mol. The van der Waals surface area contributed by atoms with Crippen LogP contribution >= 0.6 is 11.8 Å². The zero-order chi connectivity index (χ0) is 13.8. The molecule has 0 radical (unpaired) electrons. The Morgan fingerprint density at radius 1 is 1.40 bits per heavy atom. The maximum Gasteiger partial charge on any atom is 0.227 e. The van der Waals surface area contributed by atoms with Crippen molar-refractivity contribution in [3.05, 3.63) is 24.3 Å². The van der Waals surface area contributed by atoms with Crippen molar-refractivity contribution >= 4 is 23.4 Å². The fourth-order valence-electron chi connectivity index (χ4n) is 3.06. The lowest BCUT2D eigenvalue weighted by molar-refractivity contribution is -0.118. The minimum atomic E-state index is 0.295. The van der Waals surface area contributed by atoms with Gasteiger partial charge < -0.3 is 10.2 Å². The van der Waals surface area contributed by atoms with Crippen molar-refractivity contribution < 1.29 is 4.79 Å². The monoisotopic (exact) mass is 290 g/mol. The van der Waals surface area contributed by atoms with Gasteiger partial charge in [-0.1, -0.05) is 12.1 Å². The molecule has 1 N–H and O–H groups in total. The molecule has 4 heteroatoms. The molecule has 1 aromatic rings. The lowest BCUT2D eigenvalue weighted by atomic mass is 9.94. The van der Waals surface area contributed by atoms with E-state index in [2.05, 4.69) is 17.4 Å². The summed E-state index contributed by atoms with van der Waals surface area (Å²) in [6.45, 7) is 3.07. The lowest BCUT2D eigenvalue weighted by Crippen LogP contribution is -2.36. The van der Waals surface area contributed by atoms with E-state index >= 15 is 0 Å². The Balaban J connectivity index is 1.60. The van der Waals surface area contributed by atoms with Crippen LogP contribution in [0.3, 0.4) is 0 Å². The fraction of sp³-hybridized carbons (Fsp3) is 0.562. The largest absolute Gasteiger partial charge is 0.316 e. The van der Waals surface area contributed by atoms with Crippen LogP contribution in [0, 0.1) is 5.92 Å². The molecule has 0 aromatic heterocycles. The quantitative estimate of drug-likeness (QED) is 0.929. The third kappa shape index (κ3) is 3.18. The molecular formula is C16H22N2OS. The SMILES string of the molecule is O=C(CCC1CCCNC1)N1CCSc2ccccc21. The van der Waals surface area contributed by atoms with Gasteiger partial charge in [-0.2, -0.15) is 0 Å². The van der Waals surface area contributed by atoms with E-state index < -0.39 is 0 Å². The number of para-hydroxylation sites is 1. The van der Waals surface area contributed by atoms with E-state index in [-0.39, 0.29) is 0 Å². The van der Waals surface area contributed by atoms with E-state index in [0.717, 1.165) is 37.5 Å². The number of thioether (sulfide) groups is 1. The van der Waals surface area contributed by atoms with Crippen molar-refractivity contribution in [3.63, 3.8) is 0 Å². The van der Waals surface area contributed by atoms with Gasteiger partial charge in [0.2, 0.25) is 5.91 Å². The Kier molecular flexibility index (Phi) is 4.63. The van der Waals surface area contributed by atoms with Crippen LogP contribution in [0.2, 0.25) is 0 Å². The third-order valence-electron chi connectivity index (χ3n) is 4.19. The number of nitrogens with zero attached hydrogens (tertiary/aromatic N) is 1. The van der Waals surface area contributed by atoms with Gasteiger partial charge in [0, 0.05) is 23.6 Å². The summed E-state index contributed by atoms with van der Waals surface area (Å²) in [6, 6.07) is 8.26. The van der Waals surface area contributed by atoms with Crippen LogP contribution in [0.25, 0.3) is 0 Å². The Hall–Kier alpha value is -1.00. The lowest BCUT2D eigenvalue weighted by Gasteiger charge is -2.30. The Bertz CT molecular complexity index is 471. The highest BCUT2D eigenvalue weighted by Crippen LogP contribution is 2.34. The first kappa shape index (κ1) is 14.0. The van der Waals surface area contributed by atoms with E-state index in [1.165, 1.54) is 17.7 Å². The second kappa shape index (κ2) is 6.64. The summed E-state index contributed by atoms with van der Waals surface area (Å²) in [7, 11) is 0. The number of fused-ring (bicyclic) bond motifs is 1. The first-order chi connectivity index (χ1) is 9.84. The smallest absolute Gasteiger partial charge is 0.227 e. The number of nitrogens with one attached hydrogen (secondary N) is 1. The van der Waals surface area contributed by atoms with Crippen molar-refractivity contribution in [2.45, 2.75) is 30.6 Å². The maximum atomic E-state index is 12.5. The first-order valence-electron chi connectivity index (χ1n) is 7.57. The molecule has 1 unspecified atom stereocenters. The van der Waals surface area contributed by atoms with Gasteiger partial charge in [-0.05, 0) is 50.4 Å². The molecule has 1 aromatic carbocycles. The highest BCUT2D eigenvalue weighted by molar-refractivity contribution is 7.99. The van der Waals surface area contributed by atoms with Gasteiger partial charge in [0.15, 0.2) is 0 Å². The predicted octanol–water partition coefficient (Wildman–Crippen LogP) is 2.91. The number of anilines is 1. The van der Waals surface area contributed by atoms with E-state index in [0.29, 0.717) is 18.2 Å². The van der Waals surface area contributed by atoms with Crippen molar-refractivity contribution in [1.29, 1.82) is 0 Å². The number of carbonyl (C=O) groups excluding carboxylic acids is 1. The summed E-state index contributed by atoms with van der Waals surface area (Å²) in [4.78, 5) is 15.7. The summed E-state index contributed by atoms with van der Waals surface area (Å²) in [5, 5.41) is 3.43. The summed E-state index contributed by atoms with van der Waals surface area (Å²) in [6.07, 6.45) is 4.23. The number of rotatable bonds is 3. The Labute approximate surface area is 125 Å². The van der Waals surface area contributed by atoms with Crippen LogP contribution in [0.15, 0.2) is 29.2 Å². The zero-order valence-corrected chi connectivity index (χ0v) is 12.6. The van der Waals surface area contributed by atoms with Gasteiger partial charge >= 0.3 is 0 Å². The van der Waals surface area contributed by atoms with Crippen molar-refractivity contribution in [2.75, 3.05) is 30.3 Å². The van der Waals surface area contributed by atoms with E-state index in [4.69, 9.17) is 0 Å². The average Bonchev–Trinajstić information content (AvgIpc) is 2.53. The molecule has 3 rings (SSSR count). The standard InChI is InChI=1S/C16H22N2OS/c19-16(8-7-13-4-3-9-17-12-13)18-10-11-20-15-6-2-1-5-14(15)18/h1-2,5-6,13,17H,3-4,7-12H2. The molecule has 3 nitrogen and oxygen atoms in total. The molecule has 0 aliphatic carbocycles. The van der Waals surface area contributed by atoms with Gasteiger partial charge in [0.05, 0.1) is 5.69 Å². The molecule has 0 saturated carbocycles. The van der Waals surface area contributed by atoms with Crippen LogP contribution in [0.4, 0.5) is 5.69 Å². The summed E-state index contributed by atoms with van der Waals surface area (Å²) in [5.74, 6) is 1.98. The number of carbonyl (C=O) groups is 1. The van der Waals surface area contributed by atoms with E-state index in [1.807, 2.05) is 28.8 Å². The summed E-state index contributed by atoms with van der Waals surface area (Å²) < 4.78 is 0. The maximum absolute atomic E-state index is 12.5. The van der Waals surface area contributed by atoms with Gasteiger partial charge in [-0.15, -0.1) is 11.8 Å². The fourth-order valence-corrected chi connectivity index (χ4v) is 4.06. The normalized spacial score (nSPS) is 22.4. The number of hydrogen-bond donors (Lipinski definition) is 1. The van der Waals surface area contributed by atoms with Crippen LogP contribution in [-0.2, 0) is 4.79 Å². The molecule has 0 spiro atoms. The van der Waals surface area contributed by atoms with E-state index in [9.17, 15) is 4.79 Å². The van der Waals surface area contributed by atoms with Gasteiger partial charge in [-0.25, -0.2) is 0 Å². The summed E-state index contributed by atoms with van der Waals surface area (Å²) in [5.41, 5.74) is 1.11. The highest BCUT2D eigenvalue weighted by atomic mass is 32.2. The minimum Gasteiger partial charge on any atom is -0.316 e. The molecule has 2 heterocycles. The number of amides is 1. The van der Waals surface area contributed by atoms with Gasteiger partial charge in [0.1, 0.15) is 0 Å². The number of piperidine rings is 1.